The molecule has 0 aromatic heterocycles. The fraction of sp³-hybridized carbons (Fsp3) is 0.442. The SMILES string of the molecule is CCNC.COS(=O)(=O)CCCCC1(C)/C(=C\C=C\C2=[N+](CCCCCC(=O)O)c3ccc(S(=O)(=O)OC)cc3C2(C)C)N(c2ccccc2)c2ccccc21. The Morgan fingerprint density at radius 3 is 2.20 bits per heavy atom. The average Bonchev–Trinajstić information content (AvgIpc) is 3.56. The van der Waals surface area contributed by atoms with Gasteiger partial charge in [0.2, 0.25) is 5.69 Å². The standard InChI is InChI=1S/C40H48N2O8S2.C3H9N/c1-39(2)33-29-31(52(47,48)50-5)24-25-34(33)41(27-14-7-10-23-38(43)44)36(39)21-16-22-37-40(3,26-13-15-28-51(45,46)49-4)32-19-11-12-20-35(32)42(37)30-17-8-6-9-18-30;1-3-4-2/h6,8-9,11-12,16-22,24-25,29H,7,10,13-15,23,26-28H2,1-5H3;4H,3H2,1-2H3/p+1. The number of aliphatic carboxylic acids is 1. The Morgan fingerprint density at radius 2 is 1.55 bits per heavy atom. The molecular weight excluding hydrogens is 751 g/mol. The van der Waals surface area contributed by atoms with Gasteiger partial charge in [-0.1, -0.05) is 55.8 Å². The molecule has 56 heavy (non-hydrogen) atoms. The van der Waals surface area contributed by atoms with Gasteiger partial charge >= 0.3 is 5.97 Å². The highest BCUT2D eigenvalue weighted by molar-refractivity contribution is 7.87. The molecule has 0 spiro atoms. The molecule has 0 aliphatic carbocycles. The maximum absolute atomic E-state index is 12.7. The van der Waals surface area contributed by atoms with Crippen molar-refractivity contribution in [3.63, 3.8) is 0 Å². The number of nitrogens with zero attached hydrogens (tertiary/aromatic N) is 2. The van der Waals surface area contributed by atoms with Crippen LogP contribution in [0.1, 0.15) is 83.8 Å². The van der Waals surface area contributed by atoms with E-state index in [1.54, 1.807) is 12.1 Å². The summed E-state index contributed by atoms with van der Waals surface area (Å²) < 4.78 is 61.3. The molecule has 0 fully saturated rings. The topological polar surface area (TPSA) is 142 Å². The Hall–Kier alpha value is -4.14. The largest absolute Gasteiger partial charge is 0.481 e. The van der Waals surface area contributed by atoms with E-state index in [9.17, 15) is 21.6 Å². The molecule has 3 aromatic rings. The van der Waals surface area contributed by atoms with E-state index in [0.29, 0.717) is 32.2 Å². The molecule has 5 rings (SSSR count). The summed E-state index contributed by atoms with van der Waals surface area (Å²) in [4.78, 5) is 13.5. The number of carbonyl (C=O) groups is 1. The molecule has 2 heterocycles. The zero-order chi connectivity index (χ0) is 41.1. The first-order valence-corrected chi connectivity index (χ1v) is 22.1. The van der Waals surface area contributed by atoms with Crippen LogP contribution in [0.3, 0.4) is 0 Å². The van der Waals surface area contributed by atoms with Crippen LogP contribution in [-0.4, -0.2) is 78.3 Å². The molecule has 2 N–H and O–H groups in total. The molecule has 304 valence electrons. The van der Waals surface area contributed by atoms with Gasteiger partial charge in [0.1, 0.15) is 6.54 Å². The number of fused-ring (bicyclic) bond motifs is 2. The van der Waals surface area contributed by atoms with Crippen LogP contribution in [0.25, 0.3) is 0 Å². The minimum Gasteiger partial charge on any atom is -0.481 e. The van der Waals surface area contributed by atoms with Crippen LogP contribution in [-0.2, 0) is 44.2 Å². The molecular formula is C43H58N3O8S2+. The first kappa shape index (κ1) is 44.6. The third kappa shape index (κ3) is 10.2. The van der Waals surface area contributed by atoms with E-state index >= 15 is 0 Å². The summed E-state index contributed by atoms with van der Waals surface area (Å²) in [5.74, 6) is -0.857. The van der Waals surface area contributed by atoms with E-state index in [2.05, 4.69) is 85.0 Å². The second-order valence-electron chi connectivity index (χ2n) is 14.7. The summed E-state index contributed by atoms with van der Waals surface area (Å²) in [5.41, 5.74) is 6.01. The molecule has 2 aliphatic heterocycles. The molecule has 0 amide bonds. The van der Waals surface area contributed by atoms with Crippen LogP contribution >= 0.6 is 0 Å². The molecule has 3 aromatic carbocycles. The van der Waals surface area contributed by atoms with Gasteiger partial charge in [0.05, 0.1) is 30.3 Å². The second kappa shape index (κ2) is 19.3. The van der Waals surface area contributed by atoms with Crippen molar-refractivity contribution in [3.05, 3.63) is 108 Å². The second-order valence-corrected chi connectivity index (χ2v) is 18.3. The molecule has 0 saturated carbocycles. The van der Waals surface area contributed by atoms with Crippen molar-refractivity contribution in [2.75, 3.05) is 45.0 Å². The number of nitrogens with one attached hydrogen (secondary N) is 1. The number of para-hydroxylation sites is 2. The van der Waals surface area contributed by atoms with Crippen LogP contribution in [0, 0.1) is 0 Å². The molecule has 2 aliphatic rings. The van der Waals surface area contributed by atoms with Crippen molar-refractivity contribution in [3.8, 4) is 0 Å². The number of hydrogen-bond acceptors (Lipinski definition) is 9. The predicted molar refractivity (Wildman–Crippen MR) is 223 cm³/mol. The van der Waals surface area contributed by atoms with Gasteiger partial charge in [0, 0.05) is 53.0 Å². The first-order valence-electron chi connectivity index (χ1n) is 19.2. The summed E-state index contributed by atoms with van der Waals surface area (Å²) in [6.07, 6.45) is 10.3. The molecule has 13 heteroatoms. The number of benzene rings is 3. The number of allylic oxidation sites excluding steroid dienone is 4. The van der Waals surface area contributed by atoms with Crippen molar-refractivity contribution in [1.29, 1.82) is 0 Å². The number of carboxylic acids is 1. The zero-order valence-corrected chi connectivity index (χ0v) is 35.4. The monoisotopic (exact) mass is 808 g/mol. The Morgan fingerprint density at radius 1 is 0.875 bits per heavy atom. The fourth-order valence-corrected chi connectivity index (χ4v) is 8.88. The average molecular weight is 809 g/mol. The van der Waals surface area contributed by atoms with Gasteiger partial charge < -0.3 is 15.3 Å². The van der Waals surface area contributed by atoms with Gasteiger partial charge in [0.15, 0.2) is 5.71 Å². The van der Waals surface area contributed by atoms with E-state index < -0.39 is 37.0 Å². The fourth-order valence-electron chi connectivity index (χ4n) is 7.47. The number of carboxylic acid groups (broad SMARTS) is 1. The molecule has 11 nitrogen and oxygen atoms in total. The van der Waals surface area contributed by atoms with Gasteiger partial charge in [0.25, 0.3) is 20.2 Å². The molecule has 1 atom stereocenters. The maximum Gasteiger partial charge on any atom is 0.303 e. The van der Waals surface area contributed by atoms with Crippen LogP contribution in [0.5, 0.6) is 0 Å². The quantitative estimate of drug-likeness (QED) is 0.0739. The summed E-state index contributed by atoms with van der Waals surface area (Å²) in [6.45, 7) is 10.1. The Balaban J connectivity index is 0.00000166. The number of anilines is 2. The summed E-state index contributed by atoms with van der Waals surface area (Å²) >= 11 is 0. The lowest BCUT2D eigenvalue weighted by atomic mass is 9.77. The van der Waals surface area contributed by atoms with Gasteiger partial charge in [-0.2, -0.15) is 21.4 Å². The minimum atomic E-state index is -3.91. The van der Waals surface area contributed by atoms with Gasteiger partial charge in [-0.3, -0.25) is 13.2 Å². The van der Waals surface area contributed by atoms with Crippen LogP contribution in [0.4, 0.5) is 17.1 Å². The lowest BCUT2D eigenvalue weighted by Crippen LogP contribution is -2.28. The van der Waals surface area contributed by atoms with Gasteiger partial charge in [-0.15, -0.1) is 0 Å². The van der Waals surface area contributed by atoms with E-state index in [-0.39, 0.29) is 17.1 Å². The van der Waals surface area contributed by atoms with E-state index in [4.69, 9.17) is 13.5 Å². The van der Waals surface area contributed by atoms with Crippen LogP contribution in [0.2, 0.25) is 0 Å². The van der Waals surface area contributed by atoms with E-state index in [0.717, 1.165) is 66.1 Å². The lowest BCUT2D eigenvalue weighted by molar-refractivity contribution is -0.438. The molecule has 0 saturated heterocycles. The highest BCUT2D eigenvalue weighted by Gasteiger charge is 2.46. The van der Waals surface area contributed by atoms with Crippen molar-refractivity contribution >= 4 is 49.0 Å². The molecule has 0 radical (unpaired) electrons. The van der Waals surface area contributed by atoms with Gasteiger partial charge in [-0.05, 0) is 102 Å². The van der Waals surface area contributed by atoms with Crippen LogP contribution < -0.4 is 10.2 Å². The third-order valence-corrected chi connectivity index (χ3v) is 13.2. The normalized spacial score (nSPS) is 18.3. The van der Waals surface area contributed by atoms with E-state index in [1.807, 2.05) is 43.4 Å². The highest BCUT2D eigenvalue weighted by Crippen LogP contribution is 2.53. The highest BCUT2D eigenvalue weighted by atomic mass is 32.2. The van der Waals surface area contributed by atoms with Crippen molar-refractivity contribution < 1.29 is 39.7 Å². The lowest BCUT2D eigenvalue weighted by Gasteiger charge is -2.30. The smallest absolute Gasteiger partial charge is 0.303 e. The number of rotatable bonds is 18. The number of hydrogen-bond donors (Lipinski definition) is 2. The third-order valence-electron chi connectivity index (χ3n) is 10.6. The van der Waals surface area contributed by atoms with Crippen molar-refractivity contribution in [2.24, 2.45) is 0 Å². The predicted octanol–water partition coefficient (Wildman–Crippen LogP) is 7.96. The summed E-state index contributed by atoms with van der Waals surface area (Å²) in [7, 11) is -3.20. The Labute approximate surface area is 334 Å². The Bertz CT molecular complexity index is 2140. The van der Waals surface area contributed by atoms with Gasteiger partial charge in [-0.25, -0.2) is 0 Å². The molecule has 1 unspecified atom stereocenters. The molecule has 0 bridgehead atoms. The minimum absolute atomic E-state index is 0.0456. The first-order chi connectivity index (χ1) is 26.6. The zero-order valence-electron chi connectivity index (χ0n) is 33.7. The van der Waals surface area contributed by atoms with E-state index in [1.165, 1.54) is 7.11 Å². The number of unbranched alkanes of at least 4 members (excludes halogenated alkanes) is 3. The Kier molecular flexibility index (Phi) is 15.4. The van der Waals surface area contributed by atoms with Crippen LogP contribution in [0.15, 0.2) is 102 Å². The summed E-state index contributed by atoms with van der Waals surface area (Å²) in [6, 6.07) is 23.6. The van der Waals surface area contributed by atoms with Crippen molar-refractivity contribution in [1.82, 2.24) is 5.32 Å². The van der Waals surface area contributed by atoms with Crippen molar-refractivity contribution in [2.45, 2.75) is 88.4 Å². The summed E-state index contributed by atoms with van der Waals surface area (Å²) in [5, 5.41) is 12.1. The maximum atomic E-state index is 12.7.